The Morgan fingerprint density at radius 3 is 2.88 bits per heavy atom. The van der Waals surface area contributed by atoms with Gasteiger partial charge in [-0.1, -0.05) is 18.2 Å². The van der Waals surface area contributed by atoms with Gasteiger partial charge in [-0.2, -0.15) is 0 Å². The van der Waals surface area contributed by atoms with E-state index in [2.05, 4.69) is 5.32 Å². The van der Waals surface area contributed by atoms with Crippen LogP contribution in [0.25, 0.3) is 0 Å². The van der Waals surface area contributed by atoms with Crippen molar-refractivity contribution in [2.75, 3.05) is 19.6 Å². The number of carbonyl (C=O) groups excluding carboxylic acids is 1. The third-order valence-electron chi connectivity index (χ3n) is 2.76. The van der Waals surface area contributed by atoms with Gasteiger partial charge in [-0.25, -0.2) is 4.79 Å². The maximum absolute atomic E-state index is 11.2. The molecule has 2 rings (SSSR count). The molecule has 17 heavy (non-hydrogen) atoms. The molecule has 0 bridgehead atoms. The second-order valence-electron chi connectivity index (χ2n) is 4.02. The first-order chi connectivity index (χ1) is 8.16. The highest BCUT2D eigenvalue weighted by atomic mass is 16.4. The van der Waals surface area contributed by atoms with E-state index < -0.39 is 5.97 Å². The number of hydrogen-bond donors (Lipinski definition) is 2. The fourth-order valence-electron chi connectivity index (χ4n) is 1.93. The Bertz CT molecular complexity index is 445. The number of carboxylic acids is 1. The molecule has 0 aliphatic carbocycles. The fraction of sp³-hybridized carbons (Fsp3) is 0.333. The summed E-state index contributed by atoms with van der Waals surface area (Å²) in [5.74, 6) is -0.939. The van der Waals surface area contributed by atoms with E-state index in [4.69, 9.17) is 5.11 Å². The molecule has 0 radical (unpaired) electrons. The van der Waals surface area contributed by atoms with Crippen molar-refractivity contribution in [3.05, 3.63) is 35.4 Å². The molecule has 1 aromatic rings. The van der Waals surface area contributed by atoms with Gasteiger partial charge in [0, 0.05) is 19.6 Å². The van der Waals surface area contributed by atoms with E-state index in [-0.39, 0.29) is 5.91 Å². The molecule has 0 saturated carbocycles. The first-order valence-corrected chi connectivity index (χ1v) is 5.47. The molecule has 1 saturated heterocycles. The number of rotatable bonds is 3. The molecule has 0 aromatic heterocycles. The summed E-state index contributed by atoms with van der Waals surface area (Å²) in [5, 5.41) is 11.8. The van der Waals surface area contributed by atoms with Crippen LogP contribution in [0, 0.1) is 0 Å². The molecular weight excluding hydrogens is 220 g/mol. The van der Waals surface area contributed by atoms with Crippen molar-refractivity contribution in [2.24, 2.45) is 0 Å². The average Bonchev–Trinajstić information content (AvgIpc) is 2.29. The van der Waals surface area contributed by atoms with Crippen LogP contribution in [-0.2, 0) is 11.3 Å². The topological polar surface area (TPSA) is 69.6 Å². The van der Waals surface area contributed by atoms with Gasteiger partial charge in [-0.15, -0.1) is 0 Å². The minimum Gasteiger partial charge on any atom is -0.478 e. The van der Waals surface area contributed by atoms with Gasteiger partial charge in [-0.05, 0) is 11.6 Å². The highest BCUT2D eigenvalue weighted by molar-refractivity contribution is 5.89. The summed E-state index contributed by atoms with van der Waals surface area (Å²) in [5.41, 5.74) is 1.05. The summed E-state index contributed by atoms with van der Waals surface area (Å²) in [6, 6.07) is 6.89. The minimum atomic E-state index is -0.929. The van der Waals surface area contributed by atoms with Gasteiger partial charge in [0.15, 0.2) is 0 Å². The number of carbonyl (C=O) groups is 2. The molecule has 1 aliphatic rings. The average molecular weight is 234 g/mol. The van der Waals surface area contributed by atoms with Gasteiger partial charge < -0.3 is 10.4 Å². The molecule has 1 heterocycles. The quantitative estimate of drug-likeness (QED) is 0.790. The van der Waals surface area contributed by atoms with Crippen LogP contribution in [0.1, 0.15) is 15.9 Å². The predicted octanol–water partition coefficient (Wildman–Crippen LogP) is 0.317. The number of carboxylic acid groups (broad SMARTS) is 1. The van der Waals surface area contributed by atoms with Crippen molar-refractivity contribution in [3.8, 4) is 0 Å². The number of aromatic carboxylic acids is 1. The molecule has 1 aromatic carbocycles. The lowest BCUT2D eigenvalue weighted by molar-refractivity contribution is -0.124. The van der Waals surface area contributed by atoms with Gasteiger partial charge in [0.05, 0.1) is 12.1 Å². The molecule has 1 fully saturated rings. The summed E-state index contributed by atoms with van der Waals surface area (Å²) in [6.45, 7) is 2.19. The third kappa shape index (κ3) is 2.82. The smallest absolute Gasteiger partial charge is 0.336 e. The normalized spacial score (nSPS) is 16.6. The Morgan fingerprint density at radius 1 is 1.41 bits per heavy atom. The Balaban J connectivity index is 2.12. The zero-order valence-corrected chi connectivity index (χ0v) is 9.35. The van der Waals surface area contributed by atoms with E-state index >= 15 is 0 Å². The molecule has 1 aliphatic heterocycles. The molecule has 0 atom stereocenters. The van der Waals surface area contributed by atoms with E-state index in [9.17, 15) is 9.59 Å². The van der Waals surface area contributed by atoms with E-state index in [1.54, 1.807) is 18.2 Å². The molecule has 5 nitrogen and oxygen atoms in total. The lowest BCUT2D eigenvalue weighted by Gasteiger charge is -2.26. The molecule has 2 N–H and O–H groups in total. The van der Waals surface area contributed by atoms with Crippen LogP contribution in [0.15, 0.2) is 24.3 Å². The molecule has 0 unspecified atom stereocenters. The number of benzene rings is 1. The number of amides is 1. The Labute approximate surface area is 99.0 Å². The first-order valence-electron chi connectivity index (χ1n) is 5.47. The van der Waals surface area contributed by atoms with E-state index in [1.807, 2.05) is 11.0 Å². The maximum atomic E-state index is 11.2. The van der Waals surface area contributed by atoms with Crippen LogP contribution in [0.5, 0.6) is 0 Å². The Kier molecular flexibility index (Phi) is 3.39. The van der Waals surface area contributed by atoms with Crippen molar-refractivity contribution < 1.29 is 14.7 Å². The minimum absolute atomic E-state index is 0.0101. The molecule has 5 heteroatoms. The number of hydrogen-bond acceptors (Lipinski definition) is 3. The van der Waals surface area contributed by atoms with Crippen LogP contribution >= 0.6 is 0 Å². The lowest BCUT2D eigenvalue weighted by atomic mass is 10.1. The predicted molar refractivity (Wildman–Crippen MR) is 61.7 cm³/mol. The monoisotopic (exact) mass is 234 g/mol. The second-order valence-corrected chi connectivity index (χ2v) is 4.02. The molecule has 1 amide bonds. The standard InChI is InChI=1S/C12H14N2O3/c15-11-8-14(6-5-13-11)7-9-3-1-2-4-10(9)12(16)17/h1-4H,5-8H2,(H,13,15)(H,16,17). The molecule has 90 valence electrons. The lowest BCUT2D eigenvalue weighted by Crippen LogP contribution is -2.47. The first kappa shape index (κ1) is 11.6. The molecular formula is C12H14N2O3. The largest absolute Gasteiger partial charge is 0.478 e. The van der Waals surface area contributed by atoms with Gasteiger partial charge >= 0.3 is 5.97 Å². The summed E-state index contributed by atoms with van der Waals surface area (Å²) in [7, 11) is 0. The van der Waals surface area contributed by atoms with Crippen molar-refractivity contribution in [3.63, 3.8) is 0 Å². The number of nitrogens with one attached hydrogen (secondary N) is 1. The van der Waals surface area contributed by atoms with Crippen molar-refractivity contribution in [1.29, 1.82) is 0 Å². The van der Waals surface area contributed by atoms with Gasteiger partial charge in [0.25, 0.3) is 0 Å². The van der Waals surface area contributed by atoms with Crippen molar-refractivity contribution in [1.82, 2.24) is 10.2 Å². The van der Waals surface area contributed by atoms with Crippen LogP contribution in [0.2, 0.25) is 0 Å². The van der Waals surface area contributed by atoms with E-state index in [0.29, 0.717) is 25.2 Å². The van der Waals surface area contributed by atoms with E-state index in [0.717, 1.165) is 12.1 Å². The SMILES string of the molecule is O=C1CN(Cc2ccccc2C(=O)O)CCN1. The van der Waals surface area contributed by atoms with Gasteiger partial charge in [0.2, 0.25) is 5.91 Å². The molecule has 0 spiro atoms. The maximum Gasteiger partial charge on any atom is 0.336 e. The Morgan fingerprint density at radius 2 is 2.18 bits per heavy atom. The zero-order valence-electron chi connectivity index (χ0n) is 9.35. The van der Waals surface area contributed by atoms with Gasteiger partial charge in [-0.3, -0.25) is 9.69 Å². The highest BCUT2D eigenvalue weighted by Crippen LogP contribution is 2.12. The summed E-state index contributed by atoms with van der Waals surface area (Å²) in [4.78, 5) is 24.2. The van der Waals surface area contributed by atoms with Crippen LogP contribution in [-0.4, -0.2) is 41.5 Å². The van der Waals surface area contributed by atoms with Crippen molar-refractivity contribution >= 4 is 11.9 Å². The summed E-state index contributed by atoms with van der Waals surface area (Å²) >= 11 is 0. The van der Waals surface area contributed by atoms with Gasteiger partial charge in [0.1, 0.15) is 0 Å². The second kappa shape index (κ2) is 4.97. The summed E-state index contributed by atoms with van der Waals surface area (Å²) in [6.07, 6.45) is 0. The highest BCUT2D eigenvalue weighted by Gasteiger charge is 2.18. The zero-order chi connectivity index (χ0) is 12.3. The van der Waals surface area contributed by atoms with E-state index in [1.165, 1.54) is 0 Å². The van der Waals surface area contributed by atoms with Crippen LogP contribution < -0.4 is 5.32 Å². The fourth-order valence-corrected chi connectivity index (χ4v) is 1.93. The Hall–Kier alpha value is -1.88. The van der Waals surface area contributed by atoms with Crippen LogP contribution in [0.3, 0.4) is 0 Å². The van der Waals surface area contributed by atoms with Crippen LogP contribution in [0.4, 0.5) is 0 Å². The van der Waals surface area contributed by atoms with Crippen molar-refractivity contribution in [2.45, 2.75) is 6.54 Å². The number of nitrogens with zero attached hydrogens (tertiary/aromatic N) is 1. The third-order valence-corrected chi connectivity index (χ3v) is 2.76. The number of piperazine rings is 1. The summed E-state index contributed by atoms with van der Waals surface area (Å²) < 4.78 is 0.